The Bertz CT molecular complexity index is 410. The Morgan fingerprint density at radius 2 is 2.33 bits per heavy atom. The van der Waals surface area contributed by atoms with Gasteiger partial charge in [-0.05, 0) is 18.6 Å². The Morgan fingerprint density at radius 1 is 1.50 bits per heavy atom. The summed E-state index contributed by atoms with van der Waals surface area (Å²) in [5.41, 5.74) is 1.93. The molecule has 0 aliphatic heterocycles. The maximum absolute atomic E-state index is 12.2. The molecule has 1 aromatic carbocycles. The third-order valence-corrected chi connectivity index (χ3v) is 2.18. The van der Waals surface area contributed by atoms with Crippen LogP contribution in [-0.2, 0) is 0 Å². The van der Waals surface area contributed by atoms with Crippen molar-refractivity contribution in [3.63, 3.8) is 0 Å². The molecule has 0 amide bonds. The van der Waals surface area contributed by atoms with Gasteiger partial charge in [0, 0.05) is 5.39 Å². The quantitative estimate of drug-likeness (QED) is 0.674. The van der Waals surface area contributed by atoms with Crippen molar-refractivity contribution in [1.82, 2.24) is 9.19 Å². The number of benzene rings is 1. The first-order valence-electron chi connectivity index (χ1n) is 3.55. The van der Waals surface area contributed by atoms with Gasteiger partial charge in [0.2, 0.25) is 0 Å². The Labute approximate surface area is 73.8 Å². The molecule has 0 unspecified atom stereocenters. The van der Waals surface area contributed by atoms with Gasteiger partial charge >= 0.3 is 0 Å². The van der Waals surface area contributed by atoms with E-state index >= 15 is 0 Å². The molecule has 12 heavy (non-hydrogen) atoms. The monoisotopic (exact) mass is 182 g/mol. The van der Waals surface area contributed by atoms with Crippen LogP contribution in [0.2, 0.25) is 0 Å². The second-order valence-corrected chi connectivity index (χ2v) is 3.13. The number of rotatable bonds is 1. The van der Waals surface area contributed by atoms with E-state index in [2.05, 4.69) is 5.10 Å². The van der Waals surface area contributed by atoms with Crippen LogP contribution in [0.25, 0.3) is 10.9 Å². The van der Waals surface area contributed by atoms with E-state index in [9.17, 15) is 3.89 Å². The first-order chi connectivity index (χ1) is 5.81. The third-order valence-electron chi connectivity index (χ3n) is 1.76. The topological polar surface area (TPSA) is 17.8 Å². The van der Waals surface area contributed by atoms with Crippen molar-refractivity contribution in [2.75, 3.05) is 0 Å². The van der Waals surface area contributed by atoms with Crippen LogP contribution in [0.5, 0.6) is 0 Å². The average Bonchev–Trinajstić information content (AvgIpc) is 2.46. The van der Waals surface area contributed by atoms with E-state index in [0.29, 0.717) is 0 Å². The highest BCUT2D eigenvalue weighted by atomic mass is 32.2. The number of hydrogen-bond donors (Lipinski definition) is 0. The number of hydrogen-bond acceptors (Lipinski definition) is 2. The minimum Gasteiger partial charge on any atom is -0.176 e. The number of nitrogens with zero attached hydrogens (tertiary/aromatic N) is 2. The molecule has 4 heteroatoms. The average molecular weight is 182 g/mol. The van der Waals surface area contributed by atoms with Gasteiger partial charge < -0.3 is 0 Å². The summed E-state index contributed by atoms with van der Waals surface area (Å²) in [6.07, 6.45) is 1.65. The van der Waals surface area contributed by atoms with E-state index in [-0.39, 0.29) is 12.3 Å². The Hall–Kier alpha value is -1.03. The Balaban J connectivity index is 2.75. The van der Waals surface area contributed by atoms with E-state index in [1.165, 1.54) is 4.09 Å². The van der Waals surface area contributed by atoms with E-state index in [4.69, 9.17) is 0 Å². The van der Waals surface area contributed by atoms with Crippen LogP contribution >= 0.6 is 12.3 Å². The molecule has 62 valence electrons. The summed E-state index contributed by atoms with van der Waals surface area (Å²) in [7, 11) is 0. The van der Waals surface area contributed by atoms with Crippen LogP contribution in [0.1, 0.15) is 5.56 Å². The van der Waals surface area contributed by atoms with E-state index in [1.807, 2.05) is 25.1 Å². The summed E-state index contributed by atoms with van der Waals surface area (Å²) in [5, 5.41) is 4.82. The standard InChI is InChI=1S/C8H7FN2S/c1-6-2-3-7-5-10-11(12-9)8(7)4-6/h2-5H,1H3. The Kier molecular flexibility index (Phi) is 1.77. The molecule has 0 aliphatic rings. The lowest BCUT2D eigenvalue weighted by molar-refractivity contribution is 0.888. The molecule has 0 aliphatic carbocycles. The fraction of sp³-hybridized carbons (Fsp3) is 0.125. The van der Waals surface area contributed by atoms with Gasteiger partial charge in [0.05, 0.1) is 11.7 Å². The molecule has 0 spiro atoms. The summed E-state index contributed by atoms with van der Waals surface area (Å²) in [6, 6.07) is 5.83. The number of aromatic nitrogens is 2. The van der Waals surface area contributed by atoms with Gasteiger partial charge in [-0.1, -0.05) is 12.1 Å². The smallest absolute Gasteiger partial charge is 0.176 e. The molecule has 1 heterocycles. The van der Waals surface area contributed by atoms with Gasteiger partial charge in [-0.15, -0.1) is 3.89 Å². The molecule has 0 fully saturated rings. The molecule has 0 saturated heterocycles. The van der Waals surface area contributed by atoms with Crippen molar-refractivity contribution in [1.29, 1.82) is 0 Å². The van der Waals surface area contributed by atoms with Crippen LogP contribution in [0.3, 0.4) is 0 Å². The van der Waals surface area contributed by atoms with Crippen molar-refractivity contribution >= 4 is 23.2 Å². The summed E-state index contributed by atoms with van der Waals surface area (Å²) < 4.78 is 13.5. The van der Waals surface area contributed by atoms with E-state index in [1.54, 1.807) is 6.20 Å². The normalized spacial score (nSPS) is 10.8. The predicted molar refractivity (Wildman–Crippen MR) is 48.6 cm³/mol. The minimum atomic E-state index is 0.119. The molecule has 2 nitrogen and oxygen atoms in total. The van der Waals surface area contributed by atoms with Gasteiger partial charge in [-0.3, -0.25) is 0 Å². The largest absolute Gasteiger partial charge is 0.188 e. The predicted octanol–water partition coefficient (Wildman–Crippen LogP) is 2.73. The lowest BCUT2D eigenvalue weighted by Crippen LogP contribution is -1.84. The van der Waals surface area contributed by atoms with Crippen molar-refractivity contribution in [2.45, 2.75) is 6.92 Å². The fourth-order valence-corrected chi connectivity index (χ4v) is 1.48. The van der Waals surface area contributed by atoms with Crippen LogP contribution in [0, 0.1) is 6.92 Å². The maximum Gasteiger partial charge on any atom is 0.188 e. The molecule has 2 rings (SSSR count). The first kappa shape index (κ1) is 7.61. The zero-order valence-corrected chi connectivity index (χ0v) is 7.31. The van der Waals surface area contributed by atoms with Gasteiger partial charge in [-0.25, -0.2) is 0 Å². The van der Waals surface area contributed by atoms with Crippen LogP contribution in [0.4, 0.5) is 3.89 Å². The zero-order chi connectivity index (χ0) is 8.55. The summed E-state index contributed by atoms with van der Waals surface area (Å²) in [6.45, 7) is 1.97. The van der Waals surface area contributed by atoms with Crippen molar-refractivity contribution in [3.8, 4) is 0 Å². The fourth-order valence-electron chi connectivity index (χ4n) is 1.16. The highest BCUT2D eigenvalue weighted by molar-refractivity contribution is 7.92. The van der Waals surface area contributed by atoms with Gasteiger partial charge in [-0.2, -0.15) is 9.19 Å². The number of aryl methyl sites for hydroxylation is 1. The molecule has 0 bridgehead atoms. The molecule has 0 atom stereocenters. The summed E-state index contributed by atoms with van der Waals surface area (Å²) in [4.78, 5) is 0. The molecular weight excluding hydrogens is 175 g/mol. The van der Waals surface area contributed by atoms with Crippen LogP contribution < -0.4 is 0 Å². The molecule has 0 saturated carbocycles. The first-order valence-corrected chi connectivity index (χ1v) is 4.22. The minimum absolute atomic E-state index is 0.119. The lowest BCUT2D eigenvalue weighted by atomic mass is 10.2. The van der Waals surface area contributed by atoms with Crippen molar-refractivity contribution in [2.24, 2.45) is 0 Å². The highest BCUT2D eigenvalue weighted by Crippen LogP contribution is 2.19. The van der Waals surface area contributed by atoms with Crippen LogP contribution in [-0.4, -0.2) is 9.19 Å². The van der Waals surface area contributed by atoms with Crippen LogP contribution in [0.15, 0.2) is 24.4 Å². The number of halogens is 1. The van der Waals surface area contributed by atoms with Crippen molar-refractivity contribution < 1.29 is 3.89 Å². The summed E-state index contributed by atoms with van der Waals surface area (Å²) >= 11 is 0.119. The van der Waals surface area contributed by atoms with E-state index in [0.717, 1.165) is 16.5 Å². The van der Waals surface area contributed by atoms with Crippen molar-refractivity contribution in [3.05, 3.63) is 30.0 Å². The molecule has 0 N–H and O–H groups in total. The SMILES string of the molecule is Cc1ccc2cnn(SF)c2c1. The molecule has 2 aromatic rings. The molecule has 1 aromatic heterocycles. The second-order valence-electron chi connectivity index (χ2n) is 2.65. The maximum atomic E-state index is 12.2. The zero-order valence-electron chi connectivity index (χ0n) is 6.49. The van der Waals surface area contributed by atoms with Gasteiger partial charge in [0.15, 0.2) is 12.3 Å². The van der Waals surface area contributed by atoms with E-state index < -0.39 is 0 Å². The molecular formula is C8H7FN2S. The van der Waals surface area contributed by atoms with Gasteiger partial charge in [0.1, 0.15) is 0 Å². The third kappa shape index (κ3) is 1.08. The lowest BCUT2D eigenvalue weighted by Gasteiger charge is -1.94. The number of fused-ring (bicyclic) bond motifs is 1. The van der Waals surface area contributed by atoms with Gasteiger partial charge in [0.25, 0.3) is 0 Å². The second kappa shape index (κ2) is 2.79. The highest BCUT2D eigenvalue weighted by Gasteiger charge is 2.01. The summed E-state index contributed by atoms with van der Waals surface area (Å²) in [5.74, 6) is 0. The Morgan fingerprint density at radius 3 is 3.08 bits per heavy atom. The molecule has 0 radical (unpaired) electrons.